The second kappa shape index (κ2) is 11.5. The van der Waals surface area contributed by atoms with Crippen LogP contribution in [0, 0.1) is 6.92 Å². The highest BCUT2D eigenvalue weighted by Crippen LogP contribution is 2.41. The van der Waals surface area contributed by atoms with Gasteiger partial charge < -0.3 is 10.1 Å². The highest BCUT2D eigenvalue weighted by atomic mass is 32.2. The van der Waals surface area contributed by atoms with Crippen LogP contribution in [-0.2, 0) is 4.79 Å². The van der Waals surface area contributed by atoms with Crippen molar-refractivity contribution in [2.24, 2.45) is 0 Å². The summed E-state index contributed by atoms with van der Waals surface area (Å²) in [6.07, 6.45) is 1.59. The van der Waals surface area contributed by atoms with Gasteiger partial charge in [0, 0.05) is 15.8 Å². The third kappa shape index (κ3) is 6.14. The van der Waals surface area contributed by atoms with Crippen LogP contribution < -0.4 is 15.4 Å². The van der Waals surface area contributed by atoms with E-state index in [9.17, 15) is 4.79 Å². The topological polar surface area (TPSA) is 76.1 Å². The molecule has 5 rings (SSSR count). The van der Waals surface area contributed by atoms with Crippen LogP contribution in [0.25, 0.3) is 21.3 Å². The smallest absolute Gasteiger partial charge is 0.264 e. The molecule has 184 valence electrons. The van der Waals surface area contributed by atoms with Crippen LogP contribution in [0.1, 0.15) is 5.56 Å². The van der Waals surface area contributed by atoms with Crippen LogP contribution in [0.15, 0.2) is 100 Å². The molecule has 3 aromatic carbocycles. The van der Waals surface area contributed by atoms with Gasteiger partial charge in [-0.25, -0.2) is 9.97 Å². The van der Waals surface area contributed by atoms with E-state index in [1.807, 2.05) is 73.7 Å². The van der Waals surface area contributed by atoms with Crippen molar-refractivity contribution in [3.05, 3.63) is 96.1 Å². The standard InChI is InChI=1S/C28H22N4O2S3/c1-18-8-7-11-20(14-18)34-15-24(33)32-28(35)31-22-12-5-6-13-23(22)37-27-25-21(19-9-3-2-4-10-19)16-36-26(25)29-17-30-27/h2-14,16-17H,15H2,1H3,(H2,31,32,33,35). The number of carbonyl (C=O) groups excluding carboxylic acids is 1. The molecule has 37 heavy (non-hydrogen) atoms. The number of amides is 1. The van der Waals surface area contributed by atoms with Crippen LogP contribution in [0.4, 0.5) is 5.69 Å². The van der Waals surface area contributed by atoms with Crippen LogP contribution in [0.5, 0.6) is 5.75 Å². The summed E-state index contributed by atoms with van der Waals surface area (Å²) in [5.41, 5.74) is 4.04. The van der Waals surface area contributed by atoms with E-state index in [1.54, 1.807) is 17.7 Å². The van der Waals surface area contributed by atoms with E-state index < -0.39 is 0 Å². The lowest BCUT2D eigenvalue weighted by Crippen LogP contribution is -2.37. The Kier molecular flexibility index (Phi) is 7.74. The summed E-state index contributed by atoms with van der Waals surface area (Å²) < 4.78 is 5.57. The molecule has 9 heteroatoms. The molecule has 2 aromatic heterocycles. The largest absolute Gasteiger partial charge is 0.484 e. The third-order valence-corrected chi connectivity index (χ3v) is 7.54. The normalized spacial score (nSPS) is 10.7. The molecule has 2 N–H and O–H groups in total. The van der Waals surface area contributed by atoms with Crippen LogP contribution in [-0.4, -0.2) is 27.6 Å². The molecular weight excluding hydrogens is 521 g/mol. The Morgan fingerprint density at radius 1 is 1.03 bits per heavy atom. The number of fused-ring (bicyclic) bond motifs is 1. The van der Waals surface area contributed by atoms with Crippen molar-refractivity contribution in [1.29, 1.82) is 0 Å². The first-order chi connectivity index (χ1) is 18.1. The van der Waals surface area contributed by atoms with Gasteiger partial charge >= 0.3 is 0 Å². The van der Waals surface area contributed by atoms with Gasteiger partial charge in [0.2, 0.25) is 0 Å². The second-order valence-corrected chi connectivity index (χ2v) is 10.4. The molecule has 0 saturated heterocycles. The zero-order valence-corrected chi connectivity index (χ0v) is 22.3. The Morgan fingerprint density at radius 3 is 2.68 bits per heavy atom. The number of aromatic nitrogens is 2. The zero-order chi connectivity index (χ0) is 25.6. The Hall–Kier alpha value is -3.79. The molecule has 6 nitrogen and oxygen atoms in total. The number of hydrogen-bond acceptors (Lipinski definition) is 7. The van der Waals surface area contributed by atoms with Gasteiger partial charge in [0.25, 0.3) is 5.91 Å². The number of nitrogens with zero attached hydrogens (tertiary/aromatic N) is 2. The average molecular weight is 543 g/mol. The van der Waals surface area contributed by atoms with Crippen molar-refractivity contribution in [2.75, 3.05) is 11.9 Å². The molecule has 0 aliphatic heterocycles. The van der Waals surface area contributed by atoms with Gasteiger partial charge in [0.15, 0.2) is 11.7 Å². The van der Waals surface area contributed by atoms with Crippen molar-refractivity contribution in [2.45, 2.75) is 16.8 Å². The number of para-hydroxylation sites is 1. The molecule has 2 heterocycles. The Balaban J connectivity index is 1.30. The first-order valence-electron chi connectivity index (χ1n) is 11.4. The number of anilines is 1. The predicted molar refractivity (Wildman–Crippen MR) is 154 cm³/mol. The number of aryl methyl sites for hydroxylation is 1. The van der Waals surface area contributed by atoms with E-state index in [0.717, 1.165) is 42.5 Å². The van der Waals surface area contributed by atoms with Crippen LogP contribution in [0.2, 0.25) is 0 Å². The molecule has 0 radical (unpaired) electrons. The molecule has 0 spiro atoms. The lowest BCUT2D eigenvalue weighted by atomic mass is 10.1. The summed E-state index contributed by atoms with van der Waals surface area (Å²) in [4.78, 5) is 23.3. The monoisotopic (exact) mass is 542 g/mol. The first kappa shape index (κ1) is 24.9. The number of nitrogens with one attached hydrogen (secondary N) is 2. The first-order valence-corrected chi connectivity index (χ1v) is 13.5. The molecule has 5 aromatic rings. The summed E-state index contributed by atoms with van der Waals surface area (Å²) in [6.45, 7) is 1.83. The molecular formula is C28H22N4O2S3. The highest BCUT2D eigenvalue weighted by Gasteiger charge is 2.16. The molecule has 0 atom stereocenters. The molecule has 0 unspecified atom stereocenters. The van der Waals surface area contributed by atoms with Crippen molar-refractivity contribution in [3.8, 4) is 16.9 Å². The van der Waals surface area contributed by atoms with Crippen LogP contribution >= 0.6 is 35.3 Å². The fourth-order valence-electron chi connectivity index (χ4n) is 3.69. The van der Waals surface area contributed by atoms with E-state index in [0.29, 0.717) is 5.75 Å². The number of carbonyl (C=O) groups is 1. The van der Waals surface area contributed by atoms with Gasteiger partial charge in [-0.2, -0.15) is 0 Å². The fourth-order valence-corrected chi connectivity index (χ4v) is 5.89. The van der Waals surface area contributed by atoms with Crippen LogP contribution in [0.3, 0.4) is 0 Å². The van der Waals surface area contributed by atoms with Gasteiger partial charge in [0.1, 0.15) is 21.9 Å². The Labute approximate surface area is 228 Å². The number of thiocarbonyl (C=S) groups is 1. The molecule has 0 aliphatic carbocycles. The van der Waals surface area contributed by atoms with Gasteiger partial charge in [-0.1, -0.05) is 66.4 Å². The van der Waals surface area contributed by atoms with Crippen molar-refractivity contribution in [3.63, 3.8) is 0 Å². The minimum atomic E-state index is -0.340. The Morgan fingerprint density at radius 2 is 1.84 bits per heavy atom. The second-order valence-electron chi connectivity index (χ2n) is 8.08. The fraction of sp³-hybridized carbons (Fsp3) is 0.0714. The number of thiophene rings is 1. The molecule has 0 fully saturated rings. The zero-order valence-electron chi connectivity index (χ0n) is 19.8. The minimum absolute atomic E-state index is 0.138. The lowest BCUT2D eigenvalue weighted by molar-refractivity contribution is -0.121. The number of rotatable bonds is 7. The Bertz CT molecular complexity index is 1570. The molecule has 1 amide bonds. The summed E-state index contributed by atoms with van der Waals surface area (Å²) in [6, 6.07) is 25.5. The SMILES string of the molecule is Cc1cccc(OCC(=O)NC(=S)Nc2ccccc2Sc2ncnc3scc(-c4ccccc4)c23)c1. The van der Waals surface area contributed by atoms with Gasteiger partial charge in [-0.05, 0) is 54.5 Å². The maximum absolute atomic E-state index is 12.4. The van der Waals surface area contributed by atoms with E-state index in [4.69, 9.17) is 17.0 Å². The van der Waals surface area contributed by atoms with E-state index in [-0.39, 0.29) is 17.6 Å². The summed E-state index contributed by atoms with van der Waals surface area (Å²) >= 11 is 8.53. The summed E-state index contributed by atoms with van der Waals surface area (Å²) in [5, 5.41) is 10.00. The van der Waals surface area contributed by atoms with Gasteiger partial charge in [0.05, 0.1) is 11.1 Å². The number of benzene rings is 3. The van der Waals surface area contributed by atoms with Gasteiger partial charge in [-0.15, -0.1) is 11.3 Å². The molecule has 0 bridgehead atoms. The average Bonchev–Trinajstić information content (AvgIpc) is 3.34. The van der Waals surface area contributed by atoms with E-state index in [2.05, 4.69) is 38.1 Å². The lowest BCUT2D eigenvalue weighted by Gasteiger charge is -2.14. The van der Waals surface area contributed by atoms with Gasteiger partial charge in [-0.3, -0.25) is 10.1 Å². The van der Waals surface area contributed by atoms with E-state index >= 15 is 0 Å². The van der Waals surface area contributed by atoms with Crippen molar-refractivity contribution < 1.29 is 9.53 Å². The summed E-state index contributed by atoms with van der Waals surface area (Å²) in [7, 11) is 0. The minimum Gasteiger partial charge on any atom is -0.484 e. The maximum atomic E-state index is 12.4. The van der Waals surface area contributed by atoms with E-state index in [1.165, 1.54) is 11.8 Å². The molecule has 0 aliphatic rings. The van der Waals surface area contributed by atoms with Crippen molar-refractivity contribution >= 4 is 62.2 Å². The quantitative estimate of drug-likeness (QED) is 0.175. The predicted octanol–water partition coefficient (Wildman–Crippen LogP) is 6.71. The van der Waals surface area contributed by atoms with Crippen molar-refractivity contribution in [1.82, 2.24) is 15.3 Å². The number of ether oxygens (including phenoxy) is 1. The third-order valence-electron chi connectivity index (χ3n) is 5.37. The maximum Gasteiger partial charge on any atom is 0.264 e. The molecule has 0 saturated carbocycles. The number of hydrogen-bond donors (Lipinski definition) is 2. The highest BCUT2D eigenvalue weighted by molar-refractivity contribution is 7.99. The summed E-state index contributed by atoms with van der Waals surface area (Å²) in [5.74, 6) is 0.294.